The van der Waals surface area contributed by atoms with Gasteiger partial charge in [-0.05, 0) is 38.1 Å². The van der Waals surface area contributed by atoms with Crippen LogP contribution in [-0.2, 0) is 0 Å². The van der Waals surface area contributed by atoms with Crippen LogP contribution in [0.2, 0.25) is 0 Å². The van der Waals surface area contributed by atoms with Gasteiger partial charge in [-0.25, -0.2) is 0 Å². The number of hydrogen-bond donors (Lipinski definition) is 2. The molecule has 0 saturated carbocycles. The molecular weight excluding hydrogens is 352 g/mol. The van der Waals surface area contributed by atoms with E-state index < -0.39 is 17.3 Å². The minimum Gasteiger partial charge on any atom is -0.492 e. The van der Waals surface area contributed by atoms with E-state index in [2.05, 4.69) is 29.0 Å². The molecule has 1 fully saturated rings. The van der Waals surface area contributed by atoms with Crippen molar-refractivity contribution in [2.24, 2.45) is 11.8 Å². The molecule has 1 saturated heterocycles. The molecule has 0 aromatic carbocycles. The van der Waals surface area contributed by atoms with Gasteiger partial charge in [0.1, 0.15) is 0 Å². The number of nitrogens with one attached hydrogen (secondary N) is 1. The molecule has 0 aliphatic carbocycles. The van der Waals surface area contributed by atoms with Gasteiger partial charge in [0.25, 0.3) is 11.5 Å². The van der Waals surface area contributed by atoms with E-state index in [1.54, 1.807) is 12.3 Å². The fourth-order valence-corrected chi connectivity index (χ4v) is 4.69. The summed E-state index contributed by atoms with van der Waals surface area (Å²) in [6.45, 7) is 9.89. The highest BCUT2D eigenvalue weighted by Crippen LogP contribution is 2.21. The Morgan fingerprint density at radius 1 is 1.38 bits per heavy atom. The third kappa shape index (κ3) is 3.91. The summed E-state index contributed by atoms with van der Waals surface area (Å²) >= 11 is 1.25. The minimum absolute atomic E-state index is 0.288. The first kappa shape index (κ1) is 18.8. The zero-order chi connectivity index (χ0) is 18.8. The molecule has 142 valence electrons. The van der Waals surface area contributed by atoms with Gasteiger partial charge < -0.3 is 15.3 Å². The van der Waals surface area contributed by atoms with Crippen LogP contribution < -0.4 is 10.9 Å². The Morgan fingerprint density at radius 2 is 2.08 bits per heavy atom. The Hall–Kier alpha value is -1.93. The normalized spacial score (nSPS) is 21.2. The quantitative estimate of drug-likeness (QED) is 0.776. The number of aromatic hydroxyl groups is 1. The molecule has 3 rings (SSSR count). The van der Waals surface area contributed by atoms with Gasteiger partial charge in [0.2, 0.25) is 5.88 Å². The summed E-state index contributed by atoms with van der Waals surface area (Å²) in [5.41, 5.74) is -0.114. The van der Waals surface area contributed by atoms with Crippen molar-refractivity contribution in [3.63, 3.8) is 0 Å². The summed E-state index contributed by atoms with van der Waals surface area (Å²) in [6.07, 6.45) is 2.08. The smallest absolute Gasteiger partial charge is 0.275 e. The van der Waals surface area contributed by atoms with Crippen LogP contribution in [0.3, 0.4) is 0 Å². The maximum atomic E-state index is 12.5. The lowest BCUT2D eigenvalue weighted by Gasteiger charge is -2.34. The van der Waals surface area contributed by atoms with Crippen LogP contribution in [0, 0.1) is 18.8 Å². The number of carbonyl (C=O) groups is 1. The van der Waals surface area contributed by atoms with Crippen LogP contribution in [-0.4, -0.2) is 51.5 Å². The van der Waals surface area contributed by atoms with Gasteiger partial charge >= 0.3 is 0 Å². The maximum absolute atomic E-state index is 12.5. The van der Waals surface area contributed by atoms with Crippen molar-refractivity contribution in [1.29, 1.82) is 0 Å². The SMILES string of the molecule is Cc1csc2nc(O)c(C(=O)NCCCN3CC(C)CC(C)C3)c(=O)n12. The summed E-state index contributed by atoms with van der Waals surface area (Å²) in [4.78, 5) is 31.7. The van der Waals surface area contributed by atoms with Gasteiger partial charge in [-0.1, -0.05) is 13.8 Å². The monoisotopic (exact) mass is 378 g/mol. The highest BCUT2D eigenvalue weighted by Gasteiger charge is 2.22. The van der Waals surface area contributed by atoms with E-state index in [0.29, 0.717) is 29.0 Å². The molecule has 26 heavy (non-hydrogen) atoms. The third-order valence-electron chi connectivity index (χ3n) is 4.83. The minimum atomic E-state index is -0.569. The van der Waals surface area contributed by atoms with Crippen molar-refractivity contribution in [3.8, 4) is 5.88 Å². The second-order valence-corrected chi connectivity index (χ2v) is 8.26. The summed E-state index contributed by atoms with van der Waals surface area (Å²) in [6, 6.07) is 0. The second kappa shape index (κ2) is 7.75. The molecule has 2 unspecified atom stereocenters. The van der Waals surface area contributed by atoms with Gasteiger partial charge in [-0.3, -0.25) is 14.0 Å². The Bertz CT molecular complexity index is 850. The second-order valence-electron chi connectivity index (χ2n) is 7.43. The van der Waals surface area contributed by atoms with Crippen molar-refractivity contribution in [2.45, 2.75) is 33.6 Å². The Labute approximate surface area is 156 Å². The summed E-state index contributed by atoms with van der Waals surface area (Å²) in [5, 5.41) is 14.5. The van der Waals surface area contributed by atoms with E-state index in [1.165, 1.54) is 22.2 Å². The number of carbonyl (C=O) groups excluding carboxylic acids is 1. The number of likely N-dealkylation sites (tertiary alicyclic amines) is 1. The molecule has 0 spiro atoms. The van der Waals surface area contributed by atoms with Gasteiger partial charge in [-0.15, -0.1) is 11.3 Å². The molecule has 1 amide bonds. The van der Waals surface area contributed by atoms with E-state index in [9.17, 15) is 14.7 Å². The average molecular weight is 378 g/mol. The molecule has 8 heteroatoms. The fourth-order valence-electron chi connectivity index (χ4n) is 3.84. The van der Waals surface area contributed by atoms with Crippen LogP contribution in [0.4, 0.5) is 0 Å². The Balaban J connectivity index is 1.60. The number of rotatable bonds is 5. The largest absolute Gasteiger partial charge is 0.492 e. The van der Waals surface area contributed by atoms with E-state index in [1.807, 2.05) is 0 Å². The first-order valence-corrected chi connectivity index (χ1v) is 9.95. The standard InChI is InChI=1S/C18H26N4O3S/c1-11-7-12(2)9-21(8-11)6-4-5-19-15(23)14-16(24)20-18-22(17(14)25)13(3)10-26-18/h10-12,24H,4-9H2,1-3H3,(H,19,23). The van der Waals surface area contributed by atoms with Crippen LogP contribution >= 0.6 is 11.3 Å². The number of amides is 1. The number of aromatic nitrogens is 2. The fraction of sp³-hybridized carbons (Fsp3) is 0.611. The molecule has 2 aromatic heterocycles. The van der Waals surface area contributed by atoms with Crippen LogP contribution in [0.25, 0.3) is 4.96 Å². The van der Waals surface area contributed by atoms with Crippen molar-refractivity contribution in [3.05, 3.63) is 27.0 Å². The lowest BCUT2D eigenvalue weighted by Crippen LogP contribution is -2.40. The zero-order valence-corrected chi connectivity index (χ0v) is 16.3. The Morgan fingerprint density at radius 3 is 2.77 bits per heavy atom. The highest BCUT2D eigenvalue weighted by atomic mass is 32.1. The molecule has 0 bridgehead atoms. The first-order chi connectivity index (χ1) is 12.4. The lowest BCUT2D eigenvalue weighted by atomic mass is 9.92. The van der Waals surface area contributed by atoms with E-state index in [4.69, 9.17) is 0 Å². The summed E-state index contributed by atoms with van der Waals surface area (Å²) in [5.74, 6) is 0.336. The van der Waals surface area contributed by atoms with Crippen molar-refractivity contribution < 1.29 is 9.90 Å². The molecule has 2 atom stereocenters. The van der Waals surface area contributed by atoms with E-state index >= 15 is 0 Å². The lowest BCUT2D eigenvalue weighted by molar-refractivity contribution is 0.0942. The number of aryl methyl sites for hydroxylation is 1. The number of thiazole rings is 1. The average Bonchev–Trinajstić information content (AvgIpc) is 2.91. The van der Waals surface area contributed by atoms with Crippen LogP contribution in [0.15, 0.2) is 10.2 Å². The zero-order valence-electron chi connectivity index (χ0n) is 15.5. The van der Waals surface area contributed by atoms with E-state index in [-0.39, 0.29) is 5.56 Å². The Kier molecular flexibility index (Phi) is 5.62. The molecule has 7 nitrogen and oxygen atoms in total. The van der Waals surface area contributed by atoms with Gasteiger partial charge in [0.15, 0.2) is 10.5 Å². The van der Waals surface area contributed by atoms with Crippen molar-refractivity contribution >= 4 is 22.2 Å². The van der Waals surface area contributed by atoms with Gasteiger partial charge in [0, 0.05) is 30.7 Å². The van der Waals surface area contributed by atoms with Crippen LogP contribution in [0.1, 0.15) is 42.7 Å². The summed E-state index contributed by atoms with van der Waals surface area (Å²) < 4.78 is 1.36. The van der Waals surface area contributed by atoms with Gasteiger partial charge in [0.05, 0.1) is 0 Å². The first-order valence-electron chi connectivity index (χ1n) is 9.07. The highest BCUT2D eigenvalue weighted by molar-refractivity contribution is 7.15. The predicted octanol–water partition coefficient (Wildman–Crippen LogP) is 1.87. The molecular formula is C18H26N4O3S. The van der Waals surface area contributed by atoms with Crippen molar-refractivity contribution in [2.75, 3.05) is 26.2 Å². The molecule has 0 radical (unpaired) electrons. The number of nitrogens with zero attached hydrogens (tertiary/aromatic N) is 3. The molecule has 1 aliphatic rings. The molecule has 3 heterocycles. The van der Waals surface area contributed by atoms with Crippen LogP contribution in [0.5, 0.6) is 5.88 Å². The predicted molar refractivity (Wildman–Crippen MR) is 102 cm³/mol. The van der Waals surface area contributed by atoms with Gasteiger partial charge in [-0.2, -0.15) is 4.98 Å². The summed E-state index contributed by atoms with van der Waals surface area (Å²) in [7, 11) is 0. The van der Waals surface area contributed by atoms with Crippen molar-refractivity contribution in [1.82, 2.24) is 19.6 Å². The number of fused-ring (bicyclic) bond motifs is 1. The molecule has 1 aliphatic heterocycles. The van der Waals surface area contributed by atoms with E-state index in [0.717, 1.165) is 26.1 Å². The number of hydrogen-bond acceptors (Lipinski definition) is 6. The molecule has 2 N–H and O–H groups in total. The maximum Gasteiger partial charge on any atom is 0.275 e. The topological polar surface area (TPSA) is 86.9 Å². The molecule has 2 aromatic rings. The third-order valence-corrected chi connectivity index (χ3v) is 5.77. The number of piperidine rings is 1.